The molecule has 0 saturated heterocycles. The van der Waals surface area contributed by atoms with Crippen LogP contribution >= 0.6 is 0 Å². The van der Waals surface area contributed by atoms with Crippen molar-refractivity contribution in [3.8, 4) is 0 Å². The molecule has 2 unspecified atom stereocenters. The molecule has 0 aromatic carbocycles. The van der Waals surface area contributed by atoms with Crippen molar-refractivity contribution < 1.29 is 9.53 Å². The van der Waals surface area contributed by atoms with Gasteiger partial charge in [0.2, 0.25) is 0 Å². The van der Waals surface area contributed by atoms with Crippen LogP contribution in [0.2, 0.25) is 0 Å². The molecule has 0 bridgehead atoms. The zero-order valence-electron chi connectivity index (χ0n) is 15.9. The van der Waals surface area contributed by atoms with Gasteiger partial charge in [-0.3, -0.25) is 0 Å². The average Bonchev–Trinajstić information content (AvgIpc) is 2.61. The largest absolute Gasteiger partial charge is 0.501 e. The Morgan fingerprint density at radius 3 is 2.79 bits per heavy atom. The predicted octanol–water partition coefficient (Wildman–Crippen LogP) is 5.76. The van der Waals surface area contributed by atoms with Crippen molar-refractivity contribution in [2.24, 2.45) is 16.7 Å². The molecule has 132 valence electrons. The molecule has 0 N–H and O–H groups in total. The summed E-state index contributed by atoms with van der Waals surface area (Å²) in [6.45, 7) is 8.82. The average molecular weight is 328 g/mol. The van der Waals surface area contributed by atoms with E-state index in [1.54, 1.807) is 7.11 Å². The van der Waals surface area contributed by atoms with Crippen LogP contribution in [-0.2, 0) is 9.53 Å². The molecule has 0 saturated carbocycles. The highest BCUT2D eigenvalue weighted by atomic mass is 16.5. The van der Waals surface area contributed by atoms with Crippen molar-refractivity contribution >= 4 is 6.29 Å². The first kappa shape index (κ1) is 18.8. The number of aldehydes is 1. The first-order valence-electron chi connectivity index (χ1n) is 9.23. The number of allylic oxidation sites excluding steroid dienone is 5. The van der Waals surface area contributed by atoms with E-state index in [9.17, 15) is 4.79 Å². The topological polar surface area (TPSA) is 26.3 Å². The maximum Gasteiger partial charge on any atom is 0.126 e. The van der Waals surface area contributed by atoms with Crippen molar-refractivity contribution in [1.82, 2.24) is 0 Å². The Kier molecular flexibility index (Phi) is 5.93. The van der Waals surface area contributed by atoms with Crippen LogP contribution in [0.4, 0.5) is 0 Å². The second kappa shape index (κ2) is 7.57. The van der Waals surface area contributed by atoms with E-state index < -0.39 is 0 Å². The van der Waals surface area contributed by atoms with Crippen LogP contribution in [0.25, 0.3) is 0 Å². The first-order valence-corrected chi connectivity index (χ1v) is 9.23. The van der Waals surface area contributed by atoms with Gasteiger partial charge in [-0.1, -0.05) is 38.8 Å². The van der Waals surface area contributed by atoms with Crippen LogP contribution in [0.5, 0.6) is 0 Å². The molecule has 2 aliphatic rings. The second-order valence-electron chi connectivity index (χ2n) is 7.81. The summed E-state index contributed by atoms with van der Waals surface area (Å²) in [6, 6.07) is 0. The van der Waals surface area contributed by atoms with E-state index in [2.05, 4.69) is 51.7 Å². The maximum atomic E-state index is 11.9. The van der Waals surface area contributed by atoms with Crippen molar-refractivity contribution in [3.63, 3.8) is 0 Å². The number of rotatable bonds is 3. The van der Waals surface area contributed by atoms with Crippen LogP contribution in [0.1, 0.15) is 66.2 Å². The lowest BCUT2D eigenvalue weighted by Gasteiger charge is -2.36. The Hall–Kier alpha value is -1.53. The predicted molar refractivity (Wildman–Crippen MR) is 99.6 cm³/mol. The summed E-state index contributed by atoms with van der Waals surface area (Å²) >= 11 is 0. The minimum atomic E-state index is -0.271. The lowest BCUT2D eigenvalue weighted by Crippen LogP contribution is -2.29. The summed E-state index contributed by atoms with van der Waals surface area (Å²) in [4.78, 5) is 11.9. The number of methoxy groups -OCH3 is 1. The van der Waals surface area contributed by atoms with Gasteiger partial charge in [0.15, 0.2) is 0 Å². The number of hydrogen-bond donors (Lipinski definition) is 0. The molecule has 0 aliphatic heterocycles. The van der Waals surface area contributed by atoms with Gasteiger partial charge in [0, 0.05) is 22.8 Å². The second-order valence-corrected chi connectivity index (χ2v) is 7.81. The van der Waals surface area contributed by atoms with E-state index in [1.165, 1.54) is 17.4 Å². The van der Waals surface area contributed by atoms with Crippen LogP contribution < -0.4 is 0 Å². The molecule has 24 heavy (non-hydrogen) atoms. The molecule has 0 amide bonds. The van der Waals surface area contributed by atoms with E-state index in [4.69, 9.17) is 4.74 Å². The Labute approximate surface area is 147 Å². The van der Waals surface area contributed by atoms with Gasteiger partial charge in [-0.15, -0.1) is 5.73 Å². The standard InChI is InChI=1S/C22H32O2/c1-6-18-9-7-8-10-19-15-20(24-5)12-14-22(19,4)17(2)11-13-21(18,3)16-23/h8,11,15-16,18H,6-7,9,12-14H2,1-5H3/b17-11+/t10?,18?,21-,22?/m1/s1. The molecule has 0 fully saturated rings. The molecule has 2 aliphatic carbocycles. The fourth-order valence-electron chi connectivity index (χ4n) is 4.05. The van der Waals surface area contributed by atoms with Gasteiger partial charge in [0.25, 0.3) is 0 Å². The number of carbonyl (C=O) groups excluding carboxylic acids is 1. The van der Waals surface area contributed by atoms with Gasteiger partial charge in [-0.05, 0) is 50.7 Å². The van der Waals surface area contributed by atoms with Gasteiger partial charge in [-0.2, -0.15) is 0 Å². The Morgan fingerprint density at radius 2 is 2.17 bits per heavy atom. The van der Waals surface area contributed by atoms with Crippen molar-refractivity contribution in [3.05, 3.63) is 40.9 Å². The lowest BCUT2D eigenvalue weighted by atomic mass is 9.68. The number of fused-ring (bicyclic) bond motifs is 1. The van der Waals surface area contributed by atoms with Gasteiger partial charge in [0.05, 0.1) is 12.9 Å². The van der Waals surface area contributed by atoms with Crippen LogP contribution in [0, 0.1) is 16.7 Å². The third kappa shape index (κ3) is 3.59. The van der Waals surface area contributed by atoms with Gasteiger partial charge >= 0.3 is 0 Å². The Morgan fingerprint density at radius 1 is 1.42 bits per heavy atom. The highest BCUT2D eigenvalue weighted by Gasteiger charge is 2.36. The fraction of sp³-hybridized carbons (Fsp3) is 0.636. The van der Waals surface area contributed by atoms with Gasteiger partial charge < -0.3 is 9.53 Å². The Bertz CT molecular complexity index is 603. The quantitative estimate of drug-likeness (QED) is 0.374. The van der Waals surface area contributed by atoms with Crippen LogP contribution in [0.15, 0.2) is 40.9 Å². The van der Waals surface area contributed by atoms with Crippen molar-refractivity contribution in [2.45, 2.75) is 66.2 Å². The molecule has 0 radical (unpaired) electrons. The Balaban J connectivity index is 2.50. The maximum absolute atomic E-state index is 11.9. The minimum Gasteiger partial charge on any atom is -0.501 e. The number of carbonyl (C=O) groups is 1. The molecule has 2 heteroatoms. The SMILES string of the molecule is CCC1CCC=C=C2C=C(OC)CCC2(C)/C(C)=C/C[C@]1(C)C=O. The summed E-state index contributed by atoms with van der Waals surface area (Å²) in [6.07, 6.45) is 13.7. The number of ether oxygens (including phenoxy) is 1. The first-order chi connectivity index (χ1) is 11.4. The van der Waals surface area contributed by atoms with Gasteiger partial charge in [-0.25, -0.2) is 0 Å². The van der Waals surface area contributed by atoms with E-state index >= 15 is 0 Å². The van der Waals surface area contributed by atoms with E-state index in [0.29, 0.717) is 5.92 Å². The fourth-order valence-corrected chi connectivity index (χ4v) is 4.05. The third-order valence-electron chi connectivity index (χ3n) is 6.36. The number of hydrogen-bond acceptors (Lipinski definition) is 2. The molecule has 2 rings (SSSR count). The molecule has 0 heterocycles. The van der Waals surface area contributed by atoms with Crippen LogP contribution in [-0.4, -0.2) is 13.4 Å². The summed E-state index contributed by atoms with van der Waals surface area (Å²) in [5.74, 6) is 1.45. The lowest BCUT2D eigenvalue weighted by molar-refractivity contribution is -0.118. The van der Waals surface area contributed by atoms with E-state index in [1.807, 2.05) is 0 Å². The summed E-state index contributed by atoms with van der Waals surface area (Å²) < 4.78 is 5.48. The van der Waals surface area contributed by atoms with E-state index in [-0.39, 0.29) is 10.8 Å². The molecule has 2 nitrogen and oxygen atoms in total. The molecular formula is C22H32O2. The van der Waals surface area contributed by atoms with Gasteiger partial charge in [0.1, 0.15) is 6.29 Å². The zero-order chi connectivity index (χ0) is 17.8. The summed E-state index contributed by atoms with van der Waals surface area (Å²) in [5, 5.41) is 0. The minimum absolute atomic E-state index is 0.0195. The molecule has 0 spiro atoms. The zero-order valence-corrected chi connectivity index (χ0v) is 15.9. The van der Waals surface area contributed by atoms with Crippen molar-refractivity contribution in [2.75, 3.05) is 7.11 Å². The molecule has 0 aromatic rings. The van der Waals surface area contributed by atoms with E-state index in [0.717, 1.165) is 44.3 Å². The molecular weight excluding hydrogens is 296 g/mol. The normalized spacial score (nSPS) is 36.4. The van der Waals surface area contributed by atoms with Crippen LogP contribution in [0.3, 0.4) is 0 Å². The third-order valence-corrected chi connectivity index (χ3v) is 6.36. The highest BCUT2D eigenvalue weighted by Crippen LogP contribution is 2.46. The molecule has 0 aromatic heterocycles. The molecule has 3 atom stereocenters. The summed E-state index contributed by atoms with van der Waals surface area (Å²) in [5.41, 5.74) is 5.81. The summed E-state index contributed by atoms with van der Waals surface area (Å²) in [7, 11) is 1.74. The smallest absolute Gasteiger partial charge is 0.126 e. The van der Waals surface area contributed by atoms with Crippen molar-refractivity contribution in [1.29, 1.82) is 0 Å². The monoisotopic (exact) mass is 328 g/mol. The highest BCUT2D eigenvalue weighted by molar-refractivity contribution is 5.60.